The minimum absolute atomic E-state index is 0.425. The molecule has 0 atom stereocenters. The first kappa shape index (κ1) is 14.2. The van der Waals surface area contributed by atoms with Crippen molar-refractivity contribution in [3.63, 3.8) is 0 Å². The van der Waals surface area contributed by atoms with Gasteiger partial charge in [-0.2, -0.15) is 13.2 Å². The second-order valence-electron chi connectivity index (χ2n) is 4.65. The summed E-state index contributed by atoms with van der Waals surface area (Å²) < 4.78 is 38.1. The summed E-state index contributed by atoms with van der Waals surface area (Å²) in [6, 6.07) is 5.18. The van der Waals surface area contributed by atoms with Crippen LogP contribution in [0.2, 0.25) is 0 Å². The largest absolute Gasteiger partial charge is 0.416 e. The Morgan fingerprint density at radius 1 is 1.32 bits per heavy atom. The Kier molecular flexibility index (Phi) is 3.53. The second kappa shape index (κ2) is 4.72. The highest BCUT2D eigenvalue weighted by atomic mass is 32.2. The maximum Gasteiger partial charge on any atom is 0.416 e. The first-order chi connectivity index (χ1) is 8.73. The van der Waals surface area contributed by atoms with Crippen LogP contribution in [-0.2, 0) is 6.18 Å². The first-order valence-corrected chi connectivity index (χ1v) is 6.84. The van der Waals surface area contributed by atoms with Gasteiger partial charge < -0.3 is 0 Å². The van der Waals surface area contributed by atoms with Crippen molar-refractivity contribution in [2.24, 2.45) is 4.99 Å². The standard InChI is InChI=1S/C12H14F3N3S/c1-11(2)16-10(19-3)18(17-11)9-6-4-5-8(7-9)12(13,14)15/h4-7,17H,1-3H3. The molecule has 2 rings (SSSR count). The smallest absolute Gasteiger partial charge is 0.252 e. The number of anilines is 1. The van der Waals surface area contributed by atoms with E-state index in [-0.39, 0.29) is 0 Å². The molecule has 19 heavy (non-hydrogen) atoms. The Morgan fingerprint density at radius 2 is 2.00 bits per heavy atom. The van der Waals surface area contributed by atoms with Crippen molar-refractivity contribution in [3.05, 3.63) is 29.8 Å². The highest BCUT2D eigenvalue weighted by Crippen LogP contribution is 2.33. The highest BCUT2D eigenvalue weighted by molar-refractivity contribution is 8.13. The van der Waals surface area contributed by atoms with Crippen molar-refractivity contribution in [1.29, 1.82) is 0 Å². The molecule has 104 valence electrons. The van der Waals surface area contributed by atoms with Gasteiger partial charge in [0.15, 0.2) is 5.17 Å². The summed E-state index contributed by atoms with van der Waals surface area (Å²) in [5.41, 5.74) is 2.30. The molecule has 0 saturated carbocycles. The molecule has 0 spiro atoms. The van der Waals surface area contributed by atoms with Crippen molar-refractivity contribution in [3.8, 4) is 0 Å². The summed E-state index contributed by atoms with van der Waals surface area (Å²) in [7, 11) is 0. The fourth-order valence-corrected chi connectivity index (χ4v) is 2.42. The molecule has 0 bridgehead atoms. The quantitative estimate of drug-likeness (QED) is 0.857. The van der Waals surface area contributed by atoms with Crippen LogP contribution in [0.1, 0.15) is 19.4 Å². The molecular formula is C12H14F3N3S. The predicted octanol–water partition coefficient (Wildman–Crippen LogP) is 3.49. The van der Waals surface area contributed by atoms with Crippen LogP contribution >= 0.6 is 11.8 Å². The number of aliphatic imine (C=N–C) groups is 1. The number of halogens is 3. The van der Waals surface area contributed by atoms with Gasteiger partial charge in [-0.05, 0) is 38.3 Å². The number of hydrogen-bond donors (Lipinski definition) is 1. The van der Waals surface area contributed by atoms with Crippen LogP contribution in [-0.4, -0.2) is 17.1 Å². The molecule has 1 N–H and O–H groups in total. The molecule has 0 fully saturated rings. The molecule has 0 saturated heterocycles. The third-order valence-electron chi connectivity index (χ3n) is 2.57. The number of nitrogens with zero attached hydrogens (tertiary/aromatic N) is 2. The minimum Gasteiger partial charge on any atom is -0.252 e. The molecule has 3 nitrogen and oxygen atoms in total. The van der Waals surface area contributed by atoms with Crippen molar-refractivity contribution < 1.29 is 13.2 Å². The van der Waals surface area contributed by atoms with E-state index in [2.05, 4.69) is 10.4 Å². The molecule has 7 heteroatoms. The van der Waals surface area contributed by atoms with Crippen molar-refractivity contribution in [2.45, 2.75) is 25.7 Å². The predicted molar refractivity (Wildman–Crippen MR) is 72.1 cm³/mol. The van der Waals surface area contributed by atoms with E-state index in [0.29, 0.717) is 10.9 Å². The lowest BCUT2D eigenvalue weighted by Crippen LogP contribution is -2.44. The van der Waals surface area contributed by atoms with E-state index >= 15 is 0 Å². The van der Waals surface area contributed by atoms with Crippen molar-refractivity contribution in [2.75, 3.05) is 11.3 Å². The maximum atomic E-state index is 12.7. The van der Waals surface area contributed by atoms with E-state index in [0.717, 1.165) is 12.1 Å². The number of hydrogen-bond acceptors (Lipinski definition) is 4. The van der Waals surface area contributed by atoms with Gasteiger partial charge in [-0.25, -0.2) is 10.4 Å². The second-order valence-corrected chi connectivity index (χ2v) is 5.43. The zero-order valence-electron chi connectivity index (χ0n) is 10.7. The van der Waals surface area contributed by atoms with E-state index in [1.807, 2.05) is 20.1 Å². The van der Waals surface area contributed by atoms with Gasteiger partial charge in [0.2, 0.25) is 0 Å². The van der Waals surface area contributed by atoms with Gasteiger partial charge in [-0.1, -0.05) is 17.8 Å². The highest BCUT2D eigenvalue weighted by Gasteiger charge is 2.34. The molecule has 0 aliphatic carbocycles. The first-order valence-electron chi connectivity index (χ1n) is 5.62. The molecule has 1 aromatic carbocycles. The Balaban J connectivity index is 2.36. The molecule has 1 heterocycles. The van der Waals surface area contributed by atoms with Gasteiger partial charge in [-0.3, -0.25) is 5.01 Å². The van der Waals surface area contributed by atoms with Crippen LogP contribution < -0.4 is 10.4 Å². The fraction of sp³-hybridized carbons (Fsp3) is 0.417. The zero-order valence-corrected chi connectivity index (χ0v) is 11.6. The number of alkyl halides is 3. The van der Waals surface area contributed by atoms with Gasteiger partial charge >= 0.3 is 6.18 Å². The summed E-state index contributed by atoms with van der Waals surface area (Å²) in [6.07, 6.45) is -2.51. The molecule has 0 unspecified atom stereocenters. The summed E-state index contributed by atoms with van der Waals surface area (Å²) in [5, 5.41) is 2.23. The van der Waals surface area contributed by atoms with Crippen LogP contribution in [0, 0.1) is 0 Å². The summed E-state index contributed by atoms with van der Waals surface area (Å²) in [5.74, 6) is 0. The van der Waals surface area contributed by atoms with Gasteiger partial charge in [0, 0.05) is 0 Å². The lowest BCUT2D eigenvalue weighted by Gasteiger charge is -2.24. The summed E-state index contributed by atoms with van der Waals surface area (Å²) in [6.45, 7) is 3.72. The summed E-state index contributed by atoms with van der Waals surface area (Å²) in [4.78, 5) is 4.40. The molecule has 0 radical (unpaired) electrons. The lowest BCUT2D eigenvalue weighted by atomic mass is 10.2. The third kappa shape index (κ3) is 3.03. The van der Waals surface area contributed by atoms with Crippen LogP contribution in [0.15, 0.2) is 29.3 Å². The Bertz CT molecular complexity index is 511. The Labute approximate surface area is 113 Å². The topological polar surface area (TPSA) is 27.6 Å². The van der Waals surface area contributed by atoms with Crippen LogP contribution in [0.4, 0.5) is 18.9 Å². The van der Waals surface area contributed by atoms with E-state index in [4.69, 9.17) is 0 Å². The van der Waals surface area contributed by atoms with Gasteiger partial charge in [0.25, 0.3) is 0 Å². The molecule has 1 aliphatic heterocycles. The van der Waals surface area contributed by atoms with Crippen molar-refractivity contribution >= 4 is 22.6 Å². The maximum absolute atomic E-state index is 12.7. The molecule has 0 aromatic heterocycles. The molecular weight excluding hydrogens is 275 g/mol. The molecule has 1 aromatic rings. The minimum atomic E-state index is -4.35. The normalized spacial score (nSPS) is 18.6. The van der Waals surface area contributed by atoms with Crippen molar-refractivity contribution in [1.82, 2.24) is 5.43 Å². The average molecular weight is 289 g/mol. The monoisotopic (exact) mass is 289 g/mol. The Hall–Kier alpha value is -1.21. The van der Waals surface area contributed by atoms with E-state index in [9.17, 15) is 13.2 Å². The molecule has 0 amide bonds. The van der Waals surface area contributed by atoms with Crippen LogP contribution in [0.25, 0.3) is 0 Å². The number of nitrogens with one attached hydrogen (secondary N) is 1. The van der Waals surface area contributed by atoms with E-state index in [1.165, 1.54) is 17.8 Å². The lowest BCUT2D eigenvalue weighted by molar-refractivity contribution is -0.137. The number of rotatable bonds is 1. The van der Waals surface area contributed by atoms with E-state index < -0.39 is 17.4 Å². The number of benzene rings is 1. The van der Waals surface area contributed by atoms with Crippen LogP contribution in [0.5, 0.6) is 0 Å². The average Bonchev–Trinajstić information content (AvgIpc) is 2.64. The number of thioether (sulfide) groups is 1. The number of amidine groups is 1. The fourth-order valence-electron chi connectivity index (χ4n) is 1.77. The van der Waals surface area contributed by atoms with E-state index in [1.54, 1.807) is 11.1 Å². The van der Waals surface area contributed by atoms with Gasteiger partial charge in [0.1, 0.15) is 5.66 Å². The summed E-state index contributed by atoms with van der Waals surface area (Å²) >= 11 is 1.38. The SMILES string of the molecule is CSC1=NC(C)(C)NN1c1cccc(C(F)(F)F)c1. The number of hydrazine groups is 1. The Morgan fingerprint density at radius 3 is 2.58 bits per heavy atom. The third-order valence-corrected chi connectivity index (χ3v) is 3.21. The zero-order chi connectivity index (χ0) is 14.3. The van der Waals surface area contributed by atoms with Gasteiger partial charge in [0.05, 0.1) is 11.3 Å². The van der Waals surface area contributed by atoms with Gasteiger partial charge in [-0.15, -0.1) is 0 Å². The molecule has 1 aliphatic rings. The van der Waals surface area contributed by atoms with Crippen LogP contribution in [0.3, 0.4) is 0 Å².